The fourth-order valence-corrected chi connectivity index (χ4v) is 0. The molecule has 2 heteroatoms. The first-order chi connectivity index (χ1) is 1.73. The molecule has 0 spiro atoms. The van der Waals surface area contributed by atoms with Crippen molar-refractivity contribution in [3.63, 3.8) is 0 Å². The van der Waals surface area contributed by atoms with Gasteiger partial charge in [-0.15, -0.1) is 0 Å². The molecule has 0 aliphatic carbocycles. The summed E-state index contributed by atoms with van der Waals surface area (Å²) in [4.78, 5) is 0. The Kier molecular flexibility index (Phi) is 2.04. The quantitative estimate of drug-likeness (QED) is 0.405. The molecule has 1 radical (unpaired) electrons. The summed E-state index contributed by atoms with van der Waals surface area (Å²) in [5, 5.41) is 0. The lowest BCUT2D eigenvalue weighted by Crippen LogP contribution is -1.32. The van der Waals surface area contributed by atoms with Crippen LogP contribution in [0.3, 0.4) is 0 Å². The van der Waals surface area contributed by atoms with Gasteiger partial charge < -0.3 is 0 Å². The van der Waals surface area contributed by atoms with Gasteiger partial charge in [-0.3, -0.25) is 0 Å². The molecule has 0 heterocycles. The minimum absolute atomic E-state index is 0.0370. The predicted octanol–water partition coefficient (Wildman–Crippen LogP) is 1.19. The molecule has 0 aliphatic rings. The average molecular weight is 93.1 g/mol. The molecule has 0 saturated carbocycles. The summed E-state index contributed by atoms with van der Waals surface area (Å²) < 4.78 is 0. The number of rotatable bonds is 0. The lowest BCUT2D eigenvalue weighted by molar-refractivity contribution is 2.31. The number of hydrogen-bond donors (Lipinski definition) is 0. The van der Waals surface area contributed by atoms with E-state index in [2.05, 4.69) is 11.8 Å². The lowest BCUT2D eigenvalue weighted by atomic mass is 11.9. The Morgan fingerprint density at radius 3 is 1.50 bits per heavy atom. The summed E-state index contributed by atoms with van der Waals surface area (Å²) in [7, 11) is 0. The molecule has 0 aromatic carbocycles. The molecule has 0 saturated heterocycles. The maximum Gasteiger partial charge on any atom is -0.0200 e. The Morgan fingerprint density at radius 1 is 1.50 bits per heavy atom. The highest BCUT2D eigenvalue weighted by Gasteiger charge is 1.52. The third-order valence-corrected chi connectivity index (χ3v) is 0. The van der Waals surface area contributed by atoms with E-state index < -0.39 is 0 Å². The Morgan fingerprint density at radius 2 is 1.50 bits per heavy atom. The molecule has 0 atom stereocenters. The van der Waals surface area contributed by atoms with Crippen LogP contribution >= 0.6 is 6.70 Å². The normalized spacial score (nSPS) is 6.50. The summed E-state index contributed by atoms with van der Waals surface area (Å²) in [6, 6.07) is 0. The SMILES string of the molecule is C[P](C)=S. The summed E-state index contributed by atoms with van der Waals surface area (Å²) in [5.41, 5.74) is 0. The predicted molar refractivity (Wildman–Crippen MR) is 26.1 cm³/mol. The van der Waals surface area contributed by atoms with Crippen LogP contribution in [0.5, 0.6) is 0 Å². The van der Waals surface area contributed by atoms with Gasteiger partial charge in [0.05, 0.1) is 0 Å². The van der Waals surface area contributed by atoms with E-state index in [1.807, 2.05) is 13.3 Å². The van der Waals surface area contributed by atoms with Gasteiger partial charge in [-0.2, -0.15) is 0 Å². The molecule has 0 unspecified atom stereocenters. The van der Waals surface area contributed by atoms with E-state index in [0.717, 1.165) is 0 Å². The molecule has 0 nitrogen and oxygen atoms in total. The first-order valence-corrected chi connectivity index (χ1v) is 4.33. The van der Waals surface area contributed by atoms with Gasteiger partial charge in [0.1, 0.15) is 0 Å². The van der Waals surface area contributed by atoms with Gasteiger partial charge in [0.25, 0.3) is 0 Å². The summed E-state index contributed by atoms with van der Waals surface area (Å²) in [5.74, 6) is 0. The molecular formula is C2H6PS. The molecule has 0 aliphatic heterocycles. The topological polar surface area (TPSA) is 0 Å². The van der Waals surface area contributed by atoms with Crippen LogP contribution in [-0.4, -0.2) is 13.3 Å². The van der Waals surface area contributed by atoms with Crippen molar-refractivity contribution < 1.29 is 0 Å². The molecule has 0 amide bonds. The van der Waals surface area contributed by atoms with E-state index >= 15 is 0 Å². The molecule has 4 heavy (non-hydrogen) atoms. The van der Waals surface area contributed by atoms with E-state index in [4.69, 9.17) is 0 Å². The van der Waals surface area contributed by atoms with E-state index in [1.54, 1.807) is 0 Å². The van der Waals surface area contributed by atoms with Gasteiger partial charge >= 0.3 is 0 Å². The second kappa shape index (κ2) is 1.80. The van der Waals surface area contributed by atoms with Gasteiger partial charge in [0, 0.05) is 0 Å². The minimum atomic E-state index is -0.0370. The summed E-state index contributed by atoms with van der Waals surface area (Å²) in [6.45, 7) is 4.06. The third kappa shape index (κ3) is 21.5. The van der Waals surface area contributed by atoms with Crippen molar-refractivity contribution in [3.05, 3.63) is 0 Å². The first kappa shape index (κ1) is 4.52. The van der Waals surface area contributed by atoms with Crippen molar-refractivity contribution in [3.8, 4) is 0 Å². The Bertz CT molecular complexity index is 29.0. The third-order valence-electron chi connectivity index (χ3n) is 0. The first-order valence-electron chi connectivity index (χ1n) is 1.08. The second-order valence-electron chi connectivity index (χ2n) is 0.812. The van der Waals surface area contributed by atoms with Gasteiger partial charge in [0.15, 0.2) is 0 Å². The molecular weight excluding hydrogens is 87.1 g/mol. The smallest absolute Gasteiger partial charge is 0.0200 e. The average Bonchev–Trinajstić information content (AvgIpc) is 0.811. The van der Waals surface area contributed by atoms with E-state index in [0.29, 0.717) is 0 Å². The largest absolute Gasteiger partial charge is 0.0873 e. The van der Waals surface area contributed by atoms with Crippen LogP contribution in [0.1, 0.15) is 0 Å². The Hall–Kier alpha value is 0.520. The standard InChI is InChI=1S/C2H6PS/c1-3(2)4/h1-2H3. The maximum atomic E-state index is 4.69. The van der Waals surface area contributed by atoms with Crippen LogP contribution in [0.4, 0.5) is 0 Å². The highest BCUT2D eigenvalue weighted by Crippen LogP contribution is 2.01. The van der Waals surface area contributed by atoms with E-state index in [9.17, 15) is 0 Å². The van der Waals surface area contributed by atoms with Crippen molar-refractivity contribution in [2.24, 2.45) is 0 Å². The zero-order chi connectivity index (χ0) is 3.58. The fourth-order valence-electron chi connectivity index (χ4n) is 0. The van der Waals surface area contributed by atoms with Crippen LogP contribution in [0, 0.1) is 0 Å². The highest BCUT2D eigenvalue weighted by molar-refractivity contribution is 8.04. The van der Waals surface area contributed by atoms with Gasteiger partial charge in [-0.25, -0.2) is 0 Å². The lowest BCUT2D eigenvalue weighted by Gasteiger charge is -1.64. The molecule has 0 bridgehead atoms. The molecule has 0 aromatic heterocycles. The van der Waals surface area contributed by atoms with Crippen molar-refractivity contribution in [2.45, 2.75) is 0 Å². The molecule has 0 N–H and O–H groups in total. The highest BCUT2D eigenvalue weighted by atomic mass is 32.4. The van der Waals surface area contributed by atoms with Crippen LogP contribution in [0.2, 0.25) is 0 Å². The van der Waals surface area contributed by atoms with Gasteiger partial charge in [-0.05, 0) is 13.3 Å². The molecule has 0 rings (SSSR count). The zero-order valence-corrected chi connectivity index (χ0v) is 4.57. The number of hydrogen-bond acceptors (Lipinski definition) is 1. The second-order valence-corrected chi connectivity index (χ2v) is 4.63. The maximum absolute atomic E-state index is 4.69. The van der Waals surface area contributed by atoms with Crippen molar-refractivity contribution >= 4 is 18.5 Å². The van der Waals surface area contributed by atoms with Crippen LogP contribution in [-0.2, 0) is 11.8 Å². The Balaban J connectivity index is 2.80. The van der Waals surface area contributed by atoms with Crippen molar-refractivity contribution in [1.82, 2.24) is 0 Å². The van der Waals surface area contributed by atoms with Crippen molar-refractivity contribution in [2.75, 3.05) is 13.3 Å². The van der Waals surface area contributed by atoms with E-state index in [1.165, 1.54) is 0 Å². The van der Waals surface area contributed by atoms with Crippen LogP contribution in [0.25, 0.3) is 0 Å². The molecule has 25 valence electrons. The van der Waals surface area contributed by atoms with Crippen LogP contribution in [0.15, 0.2) is 0 Å². The zero-order valence-electron chi connectivity index (χ0n) is 2.86. The molecule has 0 aromatic rings. The van der Waals surface area contributed by atoms with E-state index in [-0.39, 0.29) is 6.70 Å². The summed E-state index contributed by atoms with van der Waals surface area (Å²) in [6.07, 6.45) is 0. The van der Waals surface area contributed by atoms with Gasteiger partial charge in [0.2, 0.25) is 0 Å². The summed E-state index contributed by atoms with van der Waals surface area (Å²) >= 11 is 4.69. The van der Waals surface area contributed by atoms with Crippen LogP contribution < -0.4 is 0 Å². The Labute approximate surface area is 32.6 Å². The van der Waals surface area contributed by atoms with Gasteiger partial charge in [-0.1, -0.05) is 18.5 Å². The van der Waals surface area contributed by atoms with Crippen molar-refractivity contribution in [1.29, 1.82) is 0 Å². The minimum Gasteiger partial charge on any atom is -0.0873 e. The monoisotopic (exact) mass is 93.0 g/mol. The molecule has 0 fully saturated rings. The fraction of sp³-hybridized carbons (Fsp3) is 1.00.